The largest absolute Gasteiger partial charge is 0.495 e. The Hall–Kier alpha value is -2.31. The Balaban J connectivity index is 1.58. The lowest BCUT2D eigenvalue weighted by molar-refractivity contribution is -0.113. The number of thioether (sulfide) groups is 1. The average molecular weight is 456 g/mol. The third-order valence-electron chi connectivity index (χ3n) is 5.06. The summed E-state index contributed by atoms with van der Waals surface area (Å²) in [7, 11) is 1.59. The topological polar surface area (TPSA) is 38.8 Å². The number of methoxy groups -OCH3 is 1. The summed E-state index contributed by atoms with van der Waals surface area (Å²) >= 11 is 6.77. The van der Waals surface area contributed by atoms with Crippen molar-refractivity contribution in [2.45, 2.75) is 45.4 Å². The van der Waals surface area contributed by atoms with Crippen molar-refractivity contribution in [1.82, 2.24) is 0 Å². The number of para-hydroxylation sites is 2. The molecule has 2 aromatic rings. The van der Waals surface area contributed by atoms with E-state index in [0.717, 1.165) is 24.3 Å². The van der Waals surface area contributed by atoms with Gasteiger partial charge in [-0.3, -0.25) is 9.69 Å². The lowest BCUT2D eigenvalue weighted by Gasteiger charge is -2.17. The molecule has 3 rings (SSSR count). The first-order valence-corrected chi connectivity index (χ1v) is 12.0. The Morgan fingerprint density at radius 2 is 1.71 bits per heavy atom. The molecule has 1 aliphatic rings. The van der Waals surface area contributed by atoms with Gasteiger partial charge in [0.25, 0.3) is 5.91 Å². The van der Waals surface area contributed by atoms with Crippen molar-refractivity contribution in [1.29, 1.82) is 0 Å². The van der Waals surface area contributed by atoms with Crippen molar-refractivity contribution in [3.05, 3.63) is 59.0 Å². The van der Waals surface area contributed by atoms with Gasteiger partial charge in [0, 0.05) is 0 Å². The number of hydrogen-bond donors (Lipinski definition) is 0. The summed E-state index contributed by atoms with van der Waals surface area (Å²) in [6.07, 6.45) is 9.35. The van der Waals surface area contributed by atoms with Crippen LogP contribution in [0.15, 0.2) is 53.4 Å². The first-order chi connectivity index (χ1) is 15.1. The molecule has 1 saturated heterocycles. The second-order valence-electron chi connectivity index (χ2n) is 7.37. The molecule has 0 aromatic heterocycles. The molecular formula is C25H29NO3S2. The Bertz CT molecular complexity index is 925. The summed E-state index contributed by atoms with van der Waals surface area (Å²) < 4.78 is 11.7. The van der Waals surface area contributed by atoms with Crippen LogP contribution < -0.4 is 14.4 Å². The maximum Gasteiger partial charge on any atom is 0.270 e. The number of nitrogens with zero attached hydrogens (tertiary/aromatic N) is 1. The molecule has 0 bridgehead atoms. The minimum atomic E-state index is -0.136. The zero-order valence-electron chi connectivity index (χ0n) is 18.1. The van der Waals surface area contributed by atoms with Crippen LogP contribution in [0.1, 0.15) is 51.0 Å². The van der Waals surface area contributed by atoms with Crippen molar-refractivity contribution < 1.29 is 14.3 Å². The molecule has 4 nitrogen and oxygen atoms in total. The Morgan fingerprint density at radius 3 is 2.45 bits per heavy atom. The molecule has 0 spiro atoms. The van der Waals surface area contributed by atoms with E-state index in [0.29, 0.717) is 20.7 Å². The maximum absolute atomic E-state index is 13.0. The Kier molecular flexibility index (Phi) is 8.98. The number of carbonyl (C=O) groups is 1. The third kappa shape index (κ3) is 6.34. The van der Waals surface area contributed by atoms with Gasteiger partial charge in [0.2, 0.25) is 0 Å². The number of ether oxygens (including phenoxy) is 2. The number of hydrogen-bond acceptors (Lipinski definition) is 5. The lowest BCUT2D eigenvalue weighted by atomic mass is 10.1. The van der Waals surface area contributed by atoms with Crippen LogP contribution >= 0.6 is 24.0 Å². The summed E-state index contributed by atoms with van der Waals surface area (Å²) in [6, 6.07) is 15.2. The van der Waals surface area contributed by atoms with E-state index in [1.165, 1.54) is 48.8 Å². The Morgan fingerprint density at radius 1 is 1.00 bits per heavy atom. The minimum Gasteiger partial charge on any atom is -0.495 e. The summed E-state index contributed by atoms with van der Waals surface area (Å²) in [5, 5.41) is 0. The molecule has 1 aliphatic heterocycles. The van der Waals surface area contributed by atoms with Gasteiger partial charge in [-0.2, -0.15) is 0 Å². The number of anilines is 1. The molecule has 0 atom stereocenters. The van der Waals surface area contributed by atoms with Gasteiger partial charge in [-0.05, 0) is 42.3 Å². The smallest absolute Gasteiger partial charge is 0.270 e. The quantitative estimate of drug-likeness (QED) is 0.211. The number of unbranched alkanes of at least 4 members (excludes halogenated alkanes) is 5. The third-order valence-corrected chi connectivity index (χ3v) is 6.37. The highest BCUT2D eigenvalue weighted by molar-refractivity contribution is 8.27. The number of carbonyl (C=O) groups excluding carboxylic acids is 1. The van der Waals surface area contributed by atoms with Gasteiger partial charge in [-0.1, -0.05) is 87.3 Å². The lowest BCUT2D eigenvalue weighted by Crippen LogP contribution is -2.27. The number of benzene rings is 2. The number of thiocarbonyl (C=S) groups is 1. The van der Waals surface area contributed by atoms with Gasteiger partial charge >= 0.3 is 0 Å². The zero-order chi connectivity index (χ0) is 22.1. The molecule has 0 radical (unpaired) electrons. The van der Waals surface area contributed by atoms with E-state index in [9.17, 15) is 4.79 Å². The molecule has 6 heteroatoms. The van der Waals surface area contributed by atoms with Crippen LogP contribution in [0.2, 0.25) is 0 Å². The first-order valence-electron chi connectivity index (χ1n) is 10.8. The monoisotopic (exact) mass is 455 g/mol. The standard InChI is InChI=1S/C25H29NO3S2/c1-3-4-5-6-7-10-17-29-20-15-13-19(14-16-20)18-23-24(27)26(25(30)31-23)21-11-8-9-12-22(21)28-2/h8-9,11-16,18H,3-7,10,17H2,1-2H3. The molecule has 2 aromatic carbocycles. The van der Waals surface area contributed by atoms with E-state index in [-0.39, 0.29) is 5.91 Å². The van der Waals surface area contributed by atoms with Crippen molar-refractivity contribution in [2.75, 3.05) is 18.6 Å². The fourth-order valence-electron chi connectivity index (χ4n) is 3.37. The molecule has 1 fully saturated rings. The molecule has 31 heavy (non-hydrogen) atoms. The minimum absolute atomic E-state index is 0.136. The van der Waals surface area contributed by atoms with E-state index < -0.39 is 0 Å². The summed E-state index contributed by atoms with van der Waals surface area (Å²) in [6.45, 7) is 2.97. The highest BCUT2D eigenvalue weighted by Crippen LogP contribution is 2.39. The van der Waals surface area contributed by atoms with E-state index in [1.54, 1.807) is 7.11 Å². The molecular weight excluding hydrogens is 426 g/mol. The maximum atomic E-state index is 13.0. The molecule has 0 aliphatic carbocycles. The highest BCUT2D eigenvalue weighted by atomic mass is 32.2. The predicted octanol–water partition coefficient (Wildman–Crippen LogP) is 6.84. The fraction of sp³-hybridized carbons (Fsp3) is 0.360. The van der Waals surface area contributed by atoms with Crippen LogP contribution in [0, 0.1) is 0 Å². The second kappa shape index (κ2) is 11.9. The molecule has 0 saturated carbocycles. The summed E-state index contributed by atoms with van der Waals surface area (Å²) in [4.78, 5) is 15.1. The highest BCUT2D eigenvalue weighted by Gasteiger charge is 2.34. The van der Waals surface area contributed by atoms with Crippen LogP contribution in [0.25, 0.3) is 6.08 Å². The van der Waals surface area contributed by atoms with E-state index >= 15 is 0 Å². The molecule has 1 heterocycles. The van der Waals surface area contributed by atoms with Crippen LogP contribution in [-0.2, 0) is 4.79 Å². The number of rotatable bonds is 11. The SMILES string of the molecule is CCCCCCCCOc1ccc(C=C2SC(=S)N(c3ccccc3OC)C2=O)cc1. The summed E-state index contributed by atoms with van der Waals surface area (Å²) in [5.74, 6) is 1.34. The average Bonchev–Trinajstić information content (AvgIpc) is 3.06. The fourth-order valence-corrected chi connectivity index (χ4v) is 4.66. The first kappa shape index (κ1) is 23.4. The van der Waals surface area contributed by atoms with Crippen molar-refractivity contribution >= 4 is 46.0 Å². The van der Waals surface area contributed by atoms with Gasteiger partial charge in [0.1, 0.15) is 11.5 Å². The molecule has 1 amide bonds. The van der Waals surface area contributed by atoms with Crippen LogP contribution in [0.5, 0.6) is 11.5 Å². The van der Waals surface area contributed by atoms with Crippen LogP contribution in [0.3, 0.4) is 0 Å². The molecule has 0 N–H and O–H groups in total. The number of amides is 1. The predicted molar refractivity (Wildman–Crippen MR) is 134 cm³/mol. The van der Waals surface area contributed by atoms with E-state index in [1.807, 2.05) is 54.6 Å². The van der Waals surface area contributed by atoms with E-state index in [2.05, 4.69) is 6.92 Å². The van der Waals surface area contributed by atoms with Crippen molar-refractivity contribution in [3.63, 3.8) is 0 Å². The van der Waals surface area contributed by atoms with Gasteiger partial charge in [0.05, 0.1) is 24.3 Å². The van der Waals surface area contributed by atoms with Crippen molar-refractivity contribution in [2.24, 2.45) is 0 Å². The van der Waals surface area contributed by atoms with Crippen LogP contribution in [-0.4, -0.2) is 23.9 Å². The van der Waals surface area contributed by atoms with E-state index in [4.69, 9.17) is 21.7 Å². The second-order valence-corrected chi connectivity index (χ2v) is 9.05. The van der Waals surface area contributed by atoms with Crippen molar-refractivity contribution in [3.8, 4) is 11.5 Å². The van der Waals surface area contributed by atoms with Gasteiger partial charge in [-0.15, -0.1) is 0 Å². The van der Waals surface area contributed by atoms with Gasteiger partial charge in [-0.25, -0.2) is 0 Å². The zero-order valence-corrected chi connectivity index (χ0v) is 19.8. The normalized spacial score (nSPS) is 15.0. The Labute approximate surface area is 194 Å². The van der Waals surface area contributed by atoms with Gasteiger partial charge < -0.3 is 9.47 Å². The van der Waals surface area contributed by atoms with Gasteiger partial charge in [0.15, 0.2) is 4.32 Å². The molecule has 0 unspecified atom stereocenters. The van der Waals surface area contributed by atoms with Crippen LogP contribution in [0.4, 0.5) is 5.69 Å². The summed E-state index contributed by atoms with van der Waals surface area (Å²) in [5.41, 5.74) is 1.60. The molecule has 164 valence electrons.